The second-order valence-corrected chi connectivity index (χ2v) is 5.81. The maximum absolute atomic E-state index is 11.8. The lowest BCUT2D eigenvalue weighted by molar-refractivity contribution is -0.123. The van der Waals surface area contributed by atoms with Gasteiger partial charge in [0.2, 0.25) is 5.91 Å². The second-order valence-electron chi connectivity index (χ2n) is 5.81. The zero-order chi connectivity index (χ0) is 16.7. The first kappa shape index (κ1) is 17.7. The molecule has 2 rings (SSSR count). The van der Waals surface area contributed by atoms with Gasteiger partial charge in [0.15, 0.2) is 0 Å². The van der Waals surface area contributed by atoms with Crippen molar-refractivity contribution in [2.45, 2.75) is 18.4 Å². The van der Waals surface area contributed by atoms with Crippen LogP contribution in [0.5, 0.6) is 5.75 Å². The van der Waals surface area contributed by atoms with Crippen LogP contribution in [0.4, 0.5) is 0 Å². The Morgan fingerprint density at radius 1 is 1.35 bits per heavy atom. The highest BCUT2D eigenvalue weighted by atomic mass is 16.5. The van der Waals surface area contributed by atoms with E-state index in [0.29, 0.717) is 26.2 Å². The molecule has 2 N–H and O–H groups in total. The first-order valence-corrected chi connectivity index (χ1v) is 7.94. The van der Waals surface area contributed by atoms with Crippen molar-refractivity contribution in [1.82, 2.24) is 10.2 Å². The van der Waals surface area contributed by atoms with Crippen LogP contribution >= 0.6 is 0 Å². The molecule has 0 radical (unpaired) electrons. The number of aliphatic hydroxyl groups is 1. The van der Waals surface area contributed by atoms with Crippen LogP contribution in [0.2, 0.25) is 0 Å². The molecule has 0 spiro atoms. The topological polar surface area (TPSA) is 71.0 Å². The van der Waals surface area contributed by atoms with Crippen molar-refractivity contribution < 1.29 is 19.4 Å². The van der Waals surface area contributed by atoms with Crippen molar-refractivity contribution >= 4 is 5.91 Å². The molecule has 2 unspecified atom stereocenters. The van der Waals surface area contributed by atoms with Gasteiger partial charge in [-0.25, -0.2) is 0 Å². The predicted octanol–water partition coefficient (Wildman–Crippen LogP) is 0.608. The normalized spacial score (nSPS) is 21.9. The number of likely N-dealkylation sites (tertiary alicyclic amines) is 1. The maximum atomic E-state index is 11.8. The molecule has 23 heavy (non-hydrogen) atoms. The third kappa shape index (κ3) is 5.20. The largest absolute Gasteiger partial charge is 0.497 e. The highest BCUT2D eigenvalue weighted by Gasteiger charge is 2.29. The fourth-order valence-electron chi connectivity index (χ4n) is 2.93. The van der Waals surface area contributed by atoms with Gasteiger partial charge in [0.05, 0.1) is 26.4 Å². The lowest BCUT2D eigenvalue weighted by Gasteiger charge is -2.35. The molecular formula is C17H26N2O4. The van der Waals surface area contributed by atoms with E-state index in [1.807, 2.05) is 29.2 Å². The summed E-state index contributed by atoms with van der Waals surface area (Å²) in [5.41, 5.74) is 1.11. The fourth-order valence-corrected chi connectivity index (χ4v) is 2.93. The van der Waals surface area contributed by atoms with Crippen molar-refractivity contribution in [2.75, 3.05) is 47.0 Å². The third-order valence-electron chi connectivity index (χ3n) is 4.21. The number of hydrogen-bond donors (Lipinski definition) is 2. The number of hydrogen-bond acceptors (Lipinski definition) is 5. The number of β-amino-alcohol motifs (C(OH)–C–C–N with tert-alkyl or cyclic N) is 1. The van der Waals surface area contributed by atoms with Crippen LogP contribution in [0.25, 0.3) is 0 Å². The Morgan fingerprint density at radius 2 is 2.09 bits per heavy atom. The average Bonchev–Trinajstić information content (AvgIpc) is 2.55. The number of methoxy groups -OCH3 is 2. The van der Waals surface area contributed by atoms with E-state index < -0.39 is 6.10 Å². The number of rotatable bonds is 7. The number of amides is 1. The molecular weight excluding hydrogens is 296 g/mol. The summed E-state index contributed by atoms with van der Waals surface area (Å²) in [6.07, 6.45) is 0.364. The minimum absolute atomic E-state index is 0.0304. The third-order valence-corrected chi connectivity index (χ3v) is 4.21. The number of carbonyl (C=O) groups excluding carboxylic acids is 1. The van der Waals surface area contributed by atoms with Gasteiger partial charge >= 0.3 is 0 Å². The summed E-state index contributed by atoms with van der Waals surface area (Å²) in [4.78, 5) is 13.8. The van der Waals surface area contributed by atoms with Crippen LogP contribution in [0.15, 0.2) is 24.3 Å². The van der Waals surface area contributed by atoms with Gasteiger partial charge in [-0.2, -0.15) is 0 Å². The van der Waals surface area contributed by atoms with Crippen molar-refractivity contribution in [3.63, 3.8) is 0 Å². The molecule has 128 valence electrons. The molecule has 2 atom stereocenters. The first-order chi connectivity index (χ1) is 11.1. The maximum Gasteiger partial charge on any atom is 0.234 e. The zero-order valence-electron chi connectivity index (χ0n) is 13.8. The Kier molecular flexibility index (Phi) is 6.83. The van der Waals surface area contributed by atoms with Gasteiger partial charge in [-0.3, -0.25) is 9.69 Å². The number of nitrogens with one attached hydrogen (secondary N) is 1. The fraction of sp³-hybridized carbons (Fsp3) is 0.588. The molecule has 1 aromatic carbocycles. The summed E-state index contributed by atoms with van der Waals surface area (Å²) < 4.78 is 10.1. The molecule has 0 aromatic heterocycles. The van der Waals surface area contributed by atoms with Gasteiger partial charge in [0.1, 0.15) is 5.75 Å². The molecule has 1 aliphatic rings. The number of carbonyl (C=O) groups is 1. The van der Waals surface area contributed by atoms with E-state index in [-0.39, 0.29) is 11.8 Å². The van der Waals surface area contributed by atoms with E-state index in [1.165, 1.54) is 0 Å². The number of benzene rings is 1. The van der Waals surface area contributed by atoms with Crippen LogP contribution in [0.1, 0.15) is 17.9 Å². The smallest absolute Gasteiger partial charge is 0.234 e. The van der Waals surface area contributed by atoms with Gasteiger partial charge in [-0.1, -0.05) is 12.1 Å². The molecule has 0 aliphatic carbocycles. The number of aliphatic hydroxyl groups excluding tert-OH is 1. The molecule has 1 aromatic rings. The van der Waals surface area contributed by atoms with E-state index in [0.717, 1.165) is 24.3 Å². The standard InChI is InChI=1S/C17H26N2O4/c1-22-10-8-18-17(21)12-19-9-7-15(16(20)11-19)13-3-5-14(23-2)6-4-13/h3-6,15-16,20H,7-12H2,1-2H3,(H,18,21). The number of ether oxygens (including phenoxy) is 2. The predicted molar refractivity (Wildman–Crippen MR) is 87.7 cm³/mol. The first-order valence-electron chi connectivity index (χ1n) is 7.94. The van der Waals surface area contributed by atoms with Crippen molar-refractivity contribution in [1.29, 1.82) is 0 Å². The van der Waals surface area contributed by atoms with Crippen LogP contribution < -0.4 is 10.1 Å². The summed E-state index contributed by atoms with van der Waals surface area (Å²) in [7, 11) is 3.24. The SMILES string of the molecule is COCCNC(=O)CN1CCC(c2ccc(OC)cc2)C(O)C1. The Bertz CT molecular complexity index is 492. The minimum atomic E-state index is -0.469. The lowest BCUT2D eigenvalue weighted by Crippen LogP contribution is -2.47. The molecule has 1 aliphatic heterocycles. The Balaban J connectivity index is 1.83. The van der Waals surface area contributed by atoms with Crippen LogP contribution in [0, 0.1) is 0 Å². The second kappa shape index (κ2) is 8.86. The molecule has 1 fully saturated rings. The van der Waals surface area contributed by atoms with Gasteiger partial charge in [-0.05, 0) is 30.7 Å². The van der Waals surface area contributed by atoms with Gasteiger partial charge in [0.25, 0.3) is 0 Å². The summed E-state index contributed by atoms with van der Waals surface area (Å²) in [5, 5.41) is 13.2. The molecule has 6 nitrogen and oxygen atoms in total. The molecule has 1 heterocycles. The Hall–Kier alpha value is -1.63. The summed E-state index contributed by atoms with van der Waals surface area (Å²) >= 11 is 0. The van der Waals surface area contributed by atoms with Gasteiger partial charge < -0.3 is 19.9 Å². The van der Waals surface area contributed by atoms with E-state index >= 15 is 0 Å². The average molecular weight is 322 g/mol. The van der Waals surface area contributed by atoms with Crippen LogP contribution in [0.3, 0.4) is 0 Å². The van der Waals surface area contributed by atoms with Crippen molar-refractivity contribution in [3.05, 3.63) is 29.8 Å². The van der Waals surface area contributed by atoms with Crippen molar-refractivity contribution in [3.8, 4) is 5.75 Å². The summed E-state index contributed by atoms with van der Waals surface area (Å²) in [5.74, 6) is 0.888. The van der Waals surface area contributed by atoms with Gasteiger partial charge in [-0.15, -0.1) is 0 Å². The Morgan fingerprint density at radius 3 is 2.70 bits per heavy atom. The molecule has 1 amide bonds. The van der Waals surface area contributed by atoms with E-state index in [9.17, 15) is 9.90 Å². The summed E-state index contributed by atoms with van der Waals surface area (Å²) in [6, 6.07) is 7.83. The molecule has 6 heteroatoms. The van der Waals surface area contributed by atoms with E-state index in [2.05, 4.69) is 5.32 Å². The van der Waals surface area contributed by atoms with Crippen LogP contribution in [-0.4, -0.2) is 69.0 Å². The van der Waals surface area contributed by atoms with Crippen molar-refractivity contribution in [2.24, 2.45) is 0 Å². The van der Waals surface area contributed by atoms with Crippen LogP contribution in [-0.2, 0) is 9.53 Å². The van der Waals surface area contributed by atoms with E-state index in [4.69, 9.17) is 9.47 Å². The minimum Gasteiger partial charge on any atom is -0.497 e. The van der Waals surface area contributed by atoms with Gasteiger partial charge in [0, 0.05) is 26.1 Å². The monoisotopic (exact) mass is 322 g/mol. The molecule has 0 saturated carbocycles. The highest BCUT2D eigenvalue weighted by molar-refractivity contribution is 5.78. The molecule has 0 bridgehead atoms. The lowest BCUT2D eigenvalue weighted by atomic mass is 9.87. The summed E-state index contributed by atoms with van der Waals surface area (Å²) in [6.45, 7) is 2.64. The van der Waals surface area contributed by atoms with E-state index in [1.54, 1.807) is 14.2 Å². The number of nitrogens with zero attached hydrogens (tertiary/aromatic N) is 1. The zero-order valence-corrected chi connectivity index (χ0v) is 13.8. The quantitative estimate of drug-likeness (QED) is 0.720. The number of piperidine rings is 1. The Labute approximate surface area is 137 Å². The molecule has 1 saturated heterocycles. The highest BCUT2D eigenvalue weighted by Crippen LogP contribution is 2.29.